The van der Waals surface area contributed by atoms with Gasteiger partial charge in [-0.25, -0.2) is 15.0 Å². The molecule has 0 aliphatic carbocycles. The van der Waals surface area contributed by atoms with E-state index in [4.69, 9.17) is 4.74 Å². The Morgan fingerprint density at radius 1 is 1.25 bits per heavy atom. The molecule has 2 rings (SSSR count). The number of ether oxygens (including phenoxy) is 1. The third-order valence-corrected chi connectivity index (χ3v) is 1.57. The van der Waals surface area contributed by atoms with Crippen LogP contribution in [-0.2, 0) is 0 Å². The van der Waals surface area contributed by atoms with E-state index in [9.17, 15) is 0 Å². The number of methoxy groups -OCH3 is 1. The van der Waals surface area contributed by atoms with Gasteiger partial charge in [-0.1, -0.05) is 0 Å². The number of pyridine rings is 1. The maximum Gasteiger partial charge on any atom is 0.225 e. The molecule has 0 saturated carbocycles. The maximum atomic E-state index is 5.04. The van der Waals surface area contributed by atoms with Crippen molar-refractivity contribution in [3.63, 3.8) is 0 Å². The largest absolute Gasteiger partial charge is 0.480 e. The van der Waals surface area contributed by atoms with Crippen molar-refractivity contribution in [2.24, 2.45) is 0 Å². The van der Waals surface area contributed by atoms with Crippen LogP contribution >= 0.6 is 0 Å². The van der Waals surface area contributed by atoms with Crippen molar-refractivity contribution in [2.45, 2.75) is 0 Å². The number of hydrogen-bond acceptors (Lipinski definition) is 4. The smallest absolute Gasteiger partial charge is 0.225 e. The molecule has 0 spiro atoms. The van der Waals surface area contributed by atoms with Crippen LogP contribution in [0.5, 0.6) is 5.88 Å². The fraction of sp³-hybridized carbons (Fsp3) is 0.125. The molecule has 0 saturated heterocycles. The Labute approximate surface area is 69.3 Å². The molecule has 2 aromatic heterocycles. The van der Waals surface area contributed by atoms with E-state index >= 15 is 0 Å². The standard InChI is InChI=1S/C8H7N3O/c1-12-8-6-3-2-4-9-7(6)10-5-11-8/h2-5H,1H3. The fourth-order valence-corrected chi connectivity index (χ4v) is 1.03. The second kappa shape index (κ2) is 2.73. The summed E-state index contributed by atoms with van der Waals surface area (Å²) in [5.74, 6) is 0.563. The Morgan fingerprint density at radius 3 is 3.00 bits per heavy atom. The average Bonchev–Trinajstić information content (AvgIpc) is 2.17. The topological polar surface area (TPSA) is 47.9 Å². The van der Waals surface area contributed by atoms with Crippen LogP contribution in [0.4, 0.5) is 0 Å². The lowest BCUT2D eigenvalue weighted by atomic mass is 10.3. The minimum absolute atomic E-state index is 0.563. The third-order valence-electron chi connectivity index (χ3n) is 1.57. The summed E-state index contributed by atoms with van der Waals surface area (Å²) in [6, 6.07) is 3.70. The van der Waals surface area contributed by atoms with Gasteiger partial charge >= 0.3 is 0 Å². The molecule has 0 amide bonds. The predicted molar refractivity (Wildman–Crippen MR) is 43.9 cm³/mol. The van der Waals surface area contributed by atoms with Crippen LogP contribution in [0.1, 0.15) is 0 Å². The van der Waals surface area contributed by atoms with Crippen LogP contribution in [-0.4, -0.2) is 22.1 Å². The van der Waals surface area contributed by atoms with E-state index in [2.05, 4.69) is 15.0 Å². The molecule has 0 radical (unpaired) electrons. The molecule has 0 aliphatic rings. The highest BCUT2D eigenvalue weighted by Gasteiger charge is 2.01. The number of hydrogen-bond donors (Lipinski definition) is 0. The van der Waals surface area contributed by atoms with Gasteiger partial charge in [-0.2, -0.15) is 0 Å². The first-order chi connectivity index (χ1) is 5.92. The van der Waals surface area contributed by atoms with Crippen molar-refractivity contribution in [1.82, 2.24) is 15.0 Å². The molecular weight excluding hydrogens is 154 g/mol. The van der Waals surface area contributed by atoms with E-state index in [1.54, 1.807) is 13.3 Å². The van der Waals surface area contributed by atoms with Crippen LogP contribution in [0, 0.1) is 0 Å². The molecule has 0 aliphatic heterocycles. The molecule has 2 aromatic rings. The molecule has 2 heterocycles. The molecule has 0 N–H and O–H groups in total. The summed E-state index contributed by atoms with van der Waals surface area (Å²) >= 11 is 0. The molecule has 0 unspecified atom stereocenters. The van der Waals surface area contributed by atoms with Gasteiger partial charge in [0.2, 0.25) is 5.88 Å². The summed E-state index contributed by atoms with van der Waals surface area (Å²) < 4.78 is 5.04. The van der Waals surface area contributed by atoms with Crippen molar-refractivity contribution >= 4 is 11.0 Å². The van der Waals surface area contributed by atoms with Gasteiger partial charge in [0, 0.05) is 6.20 Å². The maximum absolute atomic E-state index is 5.04. The summed E-state index contributed by atoms with van der Waals surface area (Å²) in [4.78, 5) is 12.0. The van der Waals surface area contributed by atoms with Crippen molar-refractivity contribution in [1.29, 1.82) is 0 Å². The molecular formula is C8H7N3O. The van der Waals surface area contributed by atoms with Crippen LogP contribution in [0.2, 0.25) is 0 Å². The first kappa shape index (κ1) is 6.97. The number of nitrogens with zero attached hydrogens (tertiary/aromatic N) is 3. The van der Waals surface area contributed by atoms with Gasteiger partial charge in [-0.3, -0.25) is 0 Å². The van der Waals surface area contributed by atoms with Crippen molar-refractivity contribution in [3.05, 3.63) is 24.7 Å². The molecule has 4 nitrogen and oxygen atoms in total. The lowest BCUT2D eigenvalue weighted by Gasteiger charge is -2.00. The van der Waals surface area contributed by atoms with E-state index in [-0.39, 0.29) is 0 Å². The average molecular weight is 161 g/mol. The highest BCUT2D eigenvalue weighted by atomic mass is 16.5. The highest BCUT2D eigenvalue weighted by molar-refractivity contribution is 5.79. The van der Waals surface area contributed by atoms with Crippen molar-refractivity contribution in [3.8, 4) is 5.88 Å². The van der Waals surface area contributed by atoms with Gasteiger partial charge in [0.1, 0.15) is 6.33 Å². The fourth-order valence-electron chi connectivity index (χ4n) is 1.03. The monoisotopic (exact) mass is 161 g/mol. The molecule has 0 bridgehead atoms. The summed E-state index contributed by atoms with van der Waals surface area (Å²) in [5, 5.41) is 0.836. The summed E-state index contributed by atoms with van der Waals surface area (Å²) in [5.41, 5.74) is 0.657. The summed E-state index contributed by atoms with van der Waals surface area (Å²) in [7, 11) is 1.58. The Hall–Kier alpha value is -1.71. The van der Waals surface area contributed by atoms with Gasteiger partial charge in [0.25, 0.3) is 0 Å². The zero-order chi connectivity index (χ0) is 8.39. The van der Waals surface area contributed by atoms with Crippen LogP contribution < -0.4 is 4.74 Å². The van der Waals surface area contributed by atoms with Gasteiger partial charge in [-0.15, -0.1) is 0 Å². The van der Waals surface area contributed by atoms with Crippen LogP contribution in [0.25, 0.3) is 11.0 Å². The van der Waals surface area contributed by atoms with E-state index in [1.807, 2.05) is 12.1 Å². The zero-order valence-corrected chi connectivity index (χ0v) is 6.56. The SMILES string of the molecule is COc1ncnc2ncccc12. The van der Waals surface area contributed by atoms with E-state index < -0.39 is 0 Å². The van der Waals surface area contributed by atoms with Gasteiger partial charge in [-0.05, 0) is 12.1 Å². The van der Waals surface area contributed by atoms with Crippen LogP contribution in [0.3, 0.4) is 0 Å². The highest BCUT2D eigenvalue weighted by Crippen LogP contribution is 2.17. The van der Waals surface area contributed by atoms with Crippen molar-refractivity contribution < 1.29 is 4.74 Å². The number of rotatable bonds is 1. The number of aromatic nitrogens is 3. The molecule has 0 atom stereocenters. The van der Waals surface area contributed by atoms with Gasteiger partial charge < -0.3 is 4.74 Å². The predicted octanol–water partition coefficient (Wildman–Crippen LogP) is 1.03. The molecule has 0 aromatic carbocycles. The first-order valence-electron chi connectivity index (χ1n) is 3.51. The van der Waals surface area contributed by atoms with E-state index in [1.165, 1.54) is 6.33 Å². The first-order valence-corrected chi connectivity index (χ1v) is 3.51. The Bertz CT molecular complexity index is 397. The quantitative estimate of drug-likeness (QED) is 0.626. The van der Waals surface area contributed by atoms with Gasteiger partial charge in [0.15, 0.2) is 5.65 Å². The Kier molecular flexibility index (Phi) is 1.59. The Balaban J connectivity index is 2.79. The van der Waals surface area contributed by atoms with Crippen LogP contribution in [0.15, 0.2) is 24.7 Å². The minimum Gasteiger partial charge on any atom is -0.480 e. The minimum atomic E-state index is 0.563. The third kappa shape index (κ3) is 0.972. The second-order valence-corrected chi connectivity index (χ2v) is 2.26. The molecule has 12 heavy (non-hydrogen) atoms. The number of fused-ring (bicyclic) bond motifs is 1. The lowest BCUT2D eigenvalue weighted by Crippen LogP contribution is -1.91. The van der Waals surface area contributed by atoms with Crippen molar-refractivity contribution in [2.75, 3.05) is 7.11 Å². The zero-order valence-electron chi connectivity index (χ0n) is 6.56. The Morgan fingerprint density at radius 2 is 2.17 bits per heavy atom. The molecule has 0 fully saturated rings. The van der Waals surface area contributed by atoms with Gasteiger partial charge in [0.05, 0.1) is 12.5 Å². The van der Waals surface area contributed by atoms with E-state index in [0.29, 0.717) is 11.5 Å². The molecule has 4 heteroatoms. The lowest BCUT2D eigenvalue weighted by molar-refractivity contribution is 0.402. The van der Waals surface area contributed by atoms with E-state index in [0.717, 1.165) is 5.39 Å². The summed E-state index contributed by atoms with van der Waals surface area (Å²) in [6.07, 6.45) is 3.13. The molecule has 60 valence electrons. The normalized spacial score (nSPS) is 10.1. The second-order valence-electron chi connectivity index (χ2n) is 2.26. The summed E-state index contributed by atoms with van der Waals surface area (Å²) in [6.45, 7) is 0.